The van der Waals surface area contributed by atoms with E-state index in [1.807, 2.05) is 0 Å². The largest absolute Gasteiger partial charge is 0.322 e. The van der Waals surface area contributed by atoms with Gasteiger partial charge in [0.1, 0.15) is 17.7 Å². The van der Waals surface area contributed by atoms with Gasteiger partial charge in [-0.25, -0.2) is 8.78 Å². The van der Waals surface area contributed by atoms with E-state index >= 15 is 0 Å². The fraction of sp³-hybridized carbons (Fsp3) is 0.467. The third kappa shape index (κ3) is 2.95. The molecule has 1 aromatic rings. The van der Waals surface area contributed by atoms with Crippen molar-refractivity contribution in [3.63, 3.8) is 0 Å². The molecule has 0 unspecified atom stereocenters. The number of nitrogens with one attached hydrogen (secondary N) is 1. The maximum Gasteiger partial charge on any atom is 0.248 e. The highest BCUT2D eigenvalue weighted by Gasteiger charge is 2.39. The maximum atomic E-state index is 13.6. The summed E-state index contributed by atoms with van der Waals surface area (Å²) in [6.45, 7) is 0. The third-order valence-corrected chi connectivity index (χ3v) is 5.12. The average molecular weight is 326 g/mol. The minimum Gasteiger partial charge on any atom is -0.322 e. The van der Waals surface area contributed by atoms with Crippen molar-refractivity contribution in [1.29, 1.82) is 0 Å². The molecule has 2 aliphatic rings. The van der Waals surface area contributed by atoms with Gasteiger partial charge in [0.2, 0.25) is 11.8 Å². The minimum absolute atomic E-state index is 0.0102. The summed E-state index contributed by atoms with van der Waals surface area (Å²) in [6.07, 6.45) is 2.80. The number of hydrogen-bond donors (Lipinski definition) is 1. The number of carbonyl (C=O) groups excluding carboxylic acids is 2. The van der Waals surface area contributed by atoms with E-state index in [4.69, 9.17) is 0 Å². The molecule has 1 saturated carbocycles. The molecule has 3 rings (SSSR count). The van der Waals surface area contributed by atoms with Gasteiger partial charge in [-0.2, -0.15) is 0 Å². The van der Waals surface area contributed by atoms with Gasteiger partial charge < -0.3 is 10.2 Å². The maximum absolute atomic E-state index is 13.6. The van der Waals surface area contributed by atoms with E-state index in [1.165, 1.54) is 17.8 Å². The number of amides is 2. The SMILES string of the molecule is O=C(Nc1ccc(F)cc1F)[C@@H]1CSCN1C(=O)C1CCC1. The summed E-state index contributed by atoms with van der Waals surface area (Å²) in [7, 11) is 0. The van der Waals surface area contributed by atoms with Crippen LogP contribution in [0.4, 0.5) is 14.5 Å². The molecule has 118 valence electrons. The number of thioether (sulfide) groups is 1. The first-order valence-corrected chi connectivity index (χ1v) is 8.36. The average Bonchev–Trinajstić information content (AvgIpc) is 2.89. The zero-order valence-electron chi connectivity index (χ0n) is 11.9. The van der Waals surface area contributed by atoms with Crippen LogP contribution in [0.15, 0.2) is 18.2 Å². The number of halogens is 2. The molecule has 7 heteroatoms. The van der Waals surface area contributed by atoms with Crippen molar-refractivity contribution >= 4 is 29.3 Å². The third-order valence-electron chi connectivity index (χ3n) is 4.11. The first kappa shape index (κ1) is 15.3. The Labute approximate surface area is 131 Å². The molecular weight excluding hydrogens is 310 g/mol. The van der Waals surface area contributed by atoms with Crippen LogP contribution in [0.25, 0.3) is 0 Å². The number of anilines is 1. The smallest absolute Gasteiger partial charge is 0.248 e. The zero-order chi connectivity index (χ0) is 15.7. The van der Waals surface area contributed by atoms with Crippen LogP contribution >= 0.6 is 11.8 Å². The first-order chi connectivity index (χ1) is 10.6. The summed E-state index contributed by atoms with van der Waals surface area (Å²) in [6, 6.07) is 2.39. The van der Waals surface area contributed by atoms with Crippen LogP contribution in [0.1, 0.15) is 19.3 Å². The highest BCUT2D eigenvalue weighted by atomic mass is 32.2. The standard InChI is InChI=1S/C15H16F2N2O2S/c16-10-4-5-12(11(17)6-10)18-14(20)13-7-22-8-19(13)15(21)9-2-1-3-9/h4-6,9,13H,1-3,7-8H2,(H,18,20)/t13-/m0/s1. The van der Waals surface area contributed by atoms with Crippen molar-refractivity contribution < 1.29 is 18.4 Å². The molecule has 2 amide bonds. The Kier molecular flexibility index (Phi) is 4.33. The molecule has 1 saturated heterocycles. The lowest BCUT2D eigenvalue weighted by Crippen LogP contribution is -2.48. The molecule has 1 heterocycles. The van der Waals surface area contributed by atoms with Gasteiger partial charge in [-0.1, -0.05) is 6.42 Å². The number of nitrogens with zero attached hydrogens (tertiary/aromatic N) is 1. The quantitative estimate of drug-likeness (QED) is 0.929. The molecular formula is C15H16F2N2O2S. The minimum atomic E-state index is -0.823. The van der Waals surface area contributed by atoms with Gasteiger partial charge >= 0.3 is 0 Å². The summed E-state index contributed by atoms with van der Waals surface area (Å²) in [5, 5.41) is 2.45. The van der Waals surface area contributed by atoms with Gasteiger partial charge in [0.05, 0.1) is 11.6 Å². The van der Waals surface area contributed by atoms with Gasteiger partial charge in [-0.3, -0.25) is 9.59 Å². The lowest BCUT2D eigenvalue weighted by Gasteiger charge is -2.31. The van der Waals surface area contributed by atoms with Crippen LogP contribution in [0.2, 0.25) is 0 Å². The predicted molar refractivity (Wildman–Crippen MR) is 80.3 cm³/mol. The van der Waals surface area contributed by atoms with Crippen molar-refractivity contribution in [2.45, 2.75) is 25.3 Å². The normalized spacial score (nSPS) is 21.5. The molecule has 22 heavy (non-hydrogen) atoms. The second kappa shape index (κ2) is 6.24. The fourth-order valence-electron chi connectivity index (χ4n) is 2.57. The molecule has 1 aliphatic carbocycles. The zero-order valence-corrected chi connectivity index (χ0v) is 12.7. The van der Waals surface area contributed by atoms with Gasteiger partial charge in [-0.15, -0.1) is 11.8 Å². The van der Waals surface area contributed by atoms with E-state index in [2.05, 4.69) is 5.32 Å². The summed E-state index contributed by atoms with van der Waals surface area (Å²) in [5.41, 5.74) is -0.0701. The molecule has 1 aliphatic heterocycles. The van der Waals surface area contributed by atoms with Crippen LogP contribution in [0.5, 0.6) is 0 Å². The molecule has 4 nitrogen and oxygen atoms in total. The number of benzene rings is 1. The van der Waals surface area contributed by atoms with E-state index in [9.17, 15) is 18.4 Å². The molecule has 1 aromatic carbocycles. The van der Waals surface area contributed by atoms with Crippen molar-refractivity contribution in [1.82, 2.24) is 4.90 Å². The van der Waals surface area contributed by atoms with E-state index in [0.29, 0.717) is 11.6 Å². The fourth-order valence-corrected chi connectivity index (χ4v) is 3.74. The highest BCUT2D eigenvalue weighted by Crippen LogP contribution is 2.32. The Morgan fingerprint density at radius 3 is 2.68 bits per heavy atom. The van der Waals surface area contributed by atoms with Gasteiger partial charge in [0.25, 0.3) is 0 Å². The Morgan fingerprint density at radius 2 is 2.05 bits per heavy atom. The molecule has 1 N–H and O–H groups in total. The monoisotopic (exact) mass is 326 g/mol. The van der Waals surface area contributed by atoms with Crippen molar-refractivity contribution in [2.24, 2.45) is 5.92 Å². The lowest BCUT2D eigenvalue weighted by atomic mass is 9.84. The molecule has 1 atom stereocenters. The van der Waals surface area contributed by atoms with Crippen LogP contribution in [-0.4, -0.2) is 34.4 Å². The second-order valence-corrected chi connectivity index (χ2v) is 6.56. The Hall–Kier alpha value is -1.63. The number of rotatable bonds is 3. The molecule has 0 bridgehead atoms. The van der Waals surface area contributed by atoms with Gasteiger partial charge in [0.15, 0.2) is 0 Å². The van der Waals surface area contributed by atoms with Gasteiger partial charge in [-0.05, 0) is 25.0 Å². The van der Waals surface area contributed by atoms with Crippen LogP contribution in [-0.2, 0) is 9.59 Å². The predicted octanol–water partition coefficient (Wildman–Crippen LogP) is 2.60. The van der Waals surface area contributed by atoms with E-state index in [-0.39, 0.29) is 17.5 Å². The Balaban J connectivity index is 1.69. The van der Waals surface area contributed by atoms with Crippen molar-refractivity contribution in [3.05, 3.63) is 29.8 Å². The van der Waals surface area contributed by atoms with Crippen LogP contribution < -0.4 is 5.32 Å². The number of carbonyl (C=O) groups is 2. The first-order valence-electron chi connectivity index (χ1n) is 7.20. The van der Waals surface area contributed by atoms with Crippen molar-refractivity contribution in [2.75, 3.05) is 16.9 Å². The lowest BCUT2D eigenvalue weighted by molar-refractivity contribution is -0.141. The second-order valence-electron chi connectivity index (χ2n) is 5.56. The Morgan fingerprint density at radius 1 is 1.27 bits per heavy atom. The van der Waals surface area contributed by atoms with Crippen LogP contribution in [0, 0.1) is 17.6 Å². The molecule has 0 spiro atoms. The summed E-state index contributed by atoms with van der Waals surface area (Å²) in [5.74, 6) is -0.938. The van der Waals surface area contributed by atoms with E-state index < -0.39 is 23.6 Å². The van der Waals surface area contributed by atoms with Gasteiger partial charge in [0, 0.05) is 17.7 Å². The Bertz CT molecular complexity index is 607. The summed E-state index contributed by atoms with van der Waals surface area (Å²) in [4.78, 5) is 26.2. The van der Waals surface area contributed by atoms with E-state index in [1.54, 1.807) is 4.90 Å². The molecule has 2 fully saturated rings. The van der Waals surface area contributed by atoms with Crippen LogP contribution in [0.3, 0.4) is 0 Å². The van der Waals surface area contributed by atoms with E-state index in [0.717, 1.165) is 31.4 Å². The topological polar surface area (TPSA) is 49.4 Å². The molecule has 0 aromatic heterocycles. The molecule has 0 radical (unpaired) electrons. The highest BCUT2D eigenvalue weighted by molar-refractivity contribution is 7.99. The summed E-state index contributed by atoms with van der Waals surface area (Å²) < 4.78 is 26.5. The summed E-state index contributed by atoms with van der Waals surface area (Å²) >= 11 is 1.51. The van der Waals surface area contributed by atoms with Crippen molar-refractivity contribution in [3.8, 4) is 0 Å². The number of hydrogen-bond acceptors (Lipinski definition) is 3.